The summed E-state index contributed by atoms with van der Waals surface area (Å²) in [4.78, 5) is 0. The molecule has 0 N–H and O–H groups in total. The van der Waals surface area contributed by atoms with Gasteiger partial charge in [0.2, 0.25) is 0 Å². The molecule has 2 aromatic heterocycles. The van der Waals surface area contributed by atoms with Crippen molar-refractivity contribution < 1.29 is 0 Å². The van der Waals surface area contributed by atoms with Crippen LogP contribution in [-0.4, -0.2) is 40.5 Å². The Balaban J connectivity index is 1.51. The first-order valence-electron chi connectivity index (χ1n) is 8.73. The maximum Gasteiger partial charge on any atom is 0.116 e. The van der Waals surface area contributed by atoms with Crippen molar-refractivity contribution in [2.45, 2.75) is 0 Å². The number of rotatable bonds is 0. The van der Waals surface area contributed by atoms with Crippen molar-refractivity contribution in [1.82, 2.24) is 17.5 Å². The topological polar surface area (TPSA) is 51.6 Å². The van der Waals surface area contributed by atoms with Crippen LogP contribution in [-0.2, 0) is 0 Å². The van der Waals surface area contributed by atoms with Crippen molar-refractivity contribution in [3.63, 3.8) is 0 Å². The monoisotopic (exact) mass is 576 g/mol. The molecule has 1 aromatic carbocycles. The first-order chi connectivity index (χ1) is 14.9. The van der Waals surface area contributed by atoms with E-state index in [-0.39, 0.29) is 0 Å². The molecule has 0 saturated heterocycles. The van der Waals surface area contributed by atoms with Crippen LogP contribution < -0.4 is 10.4 Å². The van der Waals surface area contributed by atoms with E-state index in [2.05, 4.69) is 0 Å². The van der Waals surface area contributed by atoms with E-state index < -0.39 is 0 Å². The summed E-state index contributed by atoms with van der Waals surface area (Å²) in [7, 11) is 0. The van der Waals surface area contributed by atoms with Crippen LogP contribution in [0.2, 0.25) is 0 Å². The van der Waals surface area contributed by atoms with Crippen LogP contribution in [0.25, 0.3) is 30.5 Å². The first-order valence-corrected chi connectivity index (χ1v) is 17.4. The van der Waals surface area contributed by atoms with Crippen LogP contribution in [0, 0.1) is 0 Å². The molecule has 6 heterocycles. The number of thioether (sulfide) groups is 8. The van der Waals surface area contributed by atoms with Crippen LogP contribution in [0.3, 0.4) is 0 Å². The largest absolute Gasteiger partial charge is 0.172 e. The van der Waals surface area contributed by atoms with Gasteiger partial charge < -0.3 is 0 Å². The van der Waals surface area contributed by atoms with Gasteiger partial charge in [0.1, 0.15) is 22.1 Å². The van der Waals surface area contributed by atoms with Crippen molar-refractivity contribution in [3.8, 4) is 0 Å². The fourth-order valence-electron chi connectivity index (χ4n) is 3.28. The van der Waals surface area contributed by atoms with Gasteiger partial charge >= 0.3 is 0 Å². The fourth-order valence-corrected chi connectivity index (χ4v) is 16.5. The molecule has 3 aromatic rings. The fraction of sp³-hybridized carbons (Fsp3) is 0.250. The summed E-state index contributed by atoms with van der Waals surface area (Å²) in [6.07, 6.45) is 0. The lowest BCUT2D eigenvalue weighted by molar-refractivity contribution is 1.55. The minimum Gasteiger partial charge on any atom is -0.172 e. The molecular formula is C16H8N4S10. The molecule has 14 heteroatoms. The third-order valence-corrected chi connectivity index (χ3v) is 17.1. The number of benzene rings is 1. The quantitative estimate of drug-likeness (QED) is 0.315. The zero-order valence-electron chi connectivity index (χ0n) is 14.7. The molecule has 7 rings (SSSR count). The minimum atomic E-state index is 0.985. The number of hydrogen-bond acceptors (Lipinski definition) is 14. The molecule has 4 nitrogen and oxygen atoms in total. The minimum absolute atomic E-state index is 0.985. The molecule has 4 aliphatic rings. The molecule has 0 radical (unpaired) electrons. The molecule has 0 atom stereocenters. The second-order valence-electron chi connectivity index (χ2n) is 6.20. The number of aromatic nitrogens is 4. The Labute approximate surface area is 213 Å². The Morgan fingerprint density at radius 2 is 0.700 bits per heavy atom. The summed E-state index contributed by atoms with van der Waals surface area (Å²) in [6, 6.07) is 0. The zero-order valence-corrected chi connectivity index (χ0v) is 22.9. The lowest BCUT2D eigenvalue weighted by Gasteiger charge is -2.08. The smallest absolute Gasteiger partial charge is 0.116 e. The Bertz CT molecular complexity index is 1220. The lowest BCUT2D eigenvalue weighted by atomic mass is 10.2. The maximum absolute atomic E-state index is 4.77. The van der Waals surface area contributed by atoms with Gasteiger partial charge in [-0.2, -0.15) is 17.5 Å². The van der Waals surface area contributed by atoms with Gasteiger partial charge in [-0.1, -0.05) is 47.0 Å². The summed E-state index contributed by atoms with van der Waals surface area (Å²) >= 11 is 18.0. The normalized spacial score (nSPS) is 22.0. The van der Waals surface area contributed by atoms with Gasteiger partial charge in [-0.15, -0.1) is 47.0 Å². The molecule has 152 valence electrons. The number of hydrogen-bond donors (Lipinski definition) is 0. The molecule has 0 fully saturated rings. The molecule has 30 heavy (non-hydrogen) atoms. The summed E-state index contributed by atoms with van der Waals surface area (Å²) in [5.74, 6) is 4.74. The van der Waals surface area contributed by atoms with Crippen LogP contribution in [0.4, 0.5) is 0 Å². The van der Waals surface area contributed by atoms with Gasteiger partial charge in [-0.05, 0) is 0 Å². The molecule has 0 spiro atoms. The SMILES string of the molecule is C1CSC2=C(S1)SC(=c1c3nsnc3c(=C3SC4=C(SCCS4)S3)c3nsnc13)S2. The summed E-state index contributed by atoms with van der Waals surface area (Å²) < 4.78 is 27.4. The van der Waals surface area contributed by atoms with E-state index in [1.165, 1.54) is 71.9 Å². The van der Waals surface area contributed by atoms with Gasteiger partial charge in [0.25, 0.3) is 0 Å². The highest BCUT2D eigenvalue weighted by molar-refractivity contribution is 8.47. The Hall–Kier alpha value is 0.880. The van der Waals surface area contributed by atoms with E-state index in [9.17, 15) is 0 Å². The molecule has 0 saturated carbocycles. The van der Waals surface area contributed by atoms with Gasteiger partial charge in [-0.25, -0.2) is 0 Å². The van der Waals surface area contributed by atoms with Gasteiger partial charge in [0, 0.05) is 23.0 Å². The van der Waals surface area contributed by atoms with Crippen molar-refractivity contribution in [1.29, 1.82) is 0 Å². The average molecular weight is 577 g/mol. The third-order valence-electron chi connectivity index (χ3n) is 4.51. The Kier molecular flexibility index (Phi) is 5.59. The van der Waals surface area contributed by atoms with Gasteiger partial charge in [-0.3, -0.25) is 0 Å². The van der Waals surface area contributed by atoms with Crippen molar-refractivity contribution in [3.05, 3.63) is 27.4 Å². The summed E-state index contributed by atoms with van der Waals surface area (Å²) in [5, 5.41) is 2.26. The molecule has 0 bridgehead atoms. The van der Waals surface area contributed by atoms with Crippen molar-refractivity contribution in [2.75, 3.05) is 23.0 Å². The van der Waals surface area contributed by atoms with E-state index >= 15 is 0 Å². The van der Waals surface area contributed by atoms with E-state index in [0.29, 0.717) is 0 Å². The van der Waals surface area contributed by atoms with E-state index in [0.717, 1.165) is 32.5 Å². The zero-order chi connectivity index (χ0) is 19.7. The second kappa shape index (κ2) is 8.27. The predicted octanol–water partition coefficient (Wildman–Crippen LogP) is 6.00. The lowest BCUT2D eigenvalue weighted by Crippen LogP contribution is -2.17. The van der Waals surface area contributed by atoms with Crippen LogP contribution in [0.5, 0.6) is 0 Å². The first kappa shape index (κ1) is 20.3. The predicted molar refractivity (Wildman–Crippen MR) is 149 cm³/mol. The number of nitrogens with zero attached hydrogens (tertiary/aromatic N) is 4. The van der Waals surface area contributed by atoms with E-state index in [4.69, 9.17) is 17.5 Å². The van der Waals surface area contributed by atoms with Gasteiger partial charge in [0.05, 0.1) is 59.3 Å². The van der Waals surface area contributed by atoms with Gasteiger partial charge in [0.15, 0.2) is 0 Å². The highest BCUT2D eigenvalue weighted by atomic mass is 32.3. The van der Waals surface area contributed by atoms with Crippen LogP contribution in [0.1, 0.15) is 0 Å². The molecule has 0 amide bonds. The molecule has 4 aliphatic heterocycles. The summed E-state index contributed by atoms with van der Waals surface area (Å²) in [5.41, 5.74) is 3.94. The maximum atomic E-state index is 4.77. The van der Waals surface area contributed by atoms with Crippen molar-refractivity contribution in [2.24, 2.45) is 0 Å². The standard InChI is InChI=1S/C16H8N4S10/c1-2-22-14-13(21-1)25-11(26-14)5-7-9(19-29-17-7)6(10-8(5)18-30-20-10)12-27-15-16(28-12)24-4-3-23-15/h1-4H2. The van der Waals surface area contributed by atoms with Crippen LogP contribution in [0.15, 0.2) is 16.9 Å². The van der Waals surface area contributed by atoms with E-state index in [1.54, 1.807) is 0 Å². The highest BCUT2D eigenvalue weighted by Crippen LogP contribution is 2.61. The van der Waals surface area contributed by atoms with Crippen molar-refractivity contribution >= 4 is 148 Å². The Morgan fingerprint density at radius 3 is 1.00 bits per heavy atom. The third kappa shape index (κ3) is 3.27. The highest BCUT2D eigenvalue weighted by Gasteiger charge is 2.30. The molecule has 0 aliphatic carbocycles. The second-order valence-corrected chi connectivity index (χ2v) is 17.3. The number of fused-ring (bicyclic) bond motifs is 2. The average Bonchev–Trinajstić information content (AvgIpc) is 3.56. The summed E-state index contributed by atoms with van der Waals surface area (Å²) in [6.45, 7) is 0. The Morgan fingerprint density at radius 1 is 0.400 bits per heavy atom. The molecule has 0 unspecified atom stereocenters. The molecular weight excluding hydrogens is 569 g/mol. The van der Waals surface area contributed by atoms with E-state index in [1.807, 2.05) is 94.1 Å². The van der Waals surface area contributed by atoms with Crippen LogP contribution >= 0.6 is 118 Å².